The summed E-state index contributed by atoms with van der Waals surface area (Å²) >= 11 is 0. The SMILES string of the molecule is CC(CO)=C1CCc2ccc(cc2)CC(CCc2cccc(Cc3ccccc3)c2)CC(=O)OC2c3c(ccc4c(CO)c(CCOCO)c(=O)oc34)OC(C)(C)C2OC1=O. The van der Waals surface area contributed by atoms with Crippen LogP contribution in [0.1, 0.15) is 90.6 Å². The second-order valence-corrected chi connectivity index (χ2v) is 16.6. The Balaban J connectivity index is 1.28. The number of carbonyl (C=O) groups excluding carboxylic acids is 2. The molecule has 0 saturated carbocycles. The Labute approximate surface area is 355 Å². The zero-order valence-corrected chi connectivity index (χ0v) is 35.0. The first-order chi connectivity index (χ1) is 29.5. The minimum atomic E-state index is -1.30. The molecular weight excluding hydrogens is 777 g/mol. The number of fused-ring (bicyclic) bond motifs is 13. The predicted molar refractivity (Wildman–Crippen MR) is 229 cm³/mol. The van der Waals surface area contributed by atoms with Gasteiger partial charge in [-0.2, -0.15) is 0 Å². The molecule has 3 atom stereocenters. The van der Waals surface area contributed by atoms with Crippen LogP contribution >= 0.6 is 0 Å². The average Bonchev–Trinajstić information content (AvgIpc) is 3.24. The van der Waals surface area contributed by atoms with Gasteiger partial charge in [0.05, 0.1) is 25.4 Å². The van der Waals surface area contributed by atoms with Crippen molar-refractivity contribution in [3.05, 3.63) is 157 Å². The smallest absolute Gasteiger partial charge is 0.339 e. The third-order valence-corrected chi connectivity index (χ3v) is 11.9. The van der Waals surface area contributed by atoms with Crippen LogP contribution in [-0.4, -0.2) is 59.0 Å². The lowest BCUT2D eigenvalue weighted by Gasteiger charge is -2.43. The molecule has 0 radical (unpaired) electrons. The molecule has 4 aromatic carbocycles. The third kappa shape index (κ3) is 10.1. The van der Waals surface area contributed by atoms with E-state index in [1.54, 1.807) is 32.9 Å². The van der Waals surface area contributed by atoms with Crippen molar-refractivity contribution in [2.24, 2.45) is 5.92 Å². The van der Waals surface area contributed by atoms with Crippen LogP contribution in [0.25, 0.3) is 11.0 Å². The molecule has 0 saturated heterocycles. The molecule has 3 N–H and O–H groups in total. The van der Waals surface area contributed by atoms with Gasteiger partial charge in [-0.1, -0.05) is 78.9 Å². The topological polar surface area (TPSA) is 162 Å². The number of esters is 2. The zero-order chi connectivity index (χ0) is 43.1. The summed E-state index contributed by atoms with van der Waals surface area (Å²) in [5.41, 5.74) is 5.10. The summed E-state index contributed by atoms with van der Waals surface area (Å²) in [6, 6.07) is 30.4. The van der Waals surface area contributed by atoms with E-state index in [0.29, 0.717) is 35.8 Å². The van der Waals surface area contributed by atoms with Crippen LogP contribution in [0.15, 0.2) is 111 Å². The molecule has 3 aliphatic rings. The fourth-order valence-corrected chi connectivity index (χ4v) is 8.60. The molecule has 5 aromatic rings. The fraction of sp³-hybridized carbons (Fsp3) is 0.380. The molecule has 0 amide bonds. The molecule has 11 heteroatoms. The quantitative estimate of drug-likeness (QED) is 0.0406. The summed E-state index contributed by atoms with van der Waals surface area (Å²) in [6.45, 7) is 3.73. The van der Waals surface area contributed by atoms with Gasteiger partial charge in [-0.3, -0.25) is 4.79 Å². The summed E-state index contributed by atoms with van der Waals surface area (Å²) in [4.78, 5) is 42.4. The summed E-state index contributed by atoms with van der Waals surface area (Å²) in [7, 11) is 0. The number of carbonyl (C=O) groups is 2. The maximum atomic E-state index is 14.5. The van der Waals surface area contributed by atoms with Crippen molar-refractivity contribution in [1.29, 1.82) is 0 Å². The van der Waals surface area contributed by atoms with Crippen LogP contribution in [0, 0.1) is 5.92 Å². The third-order valence-electron chi connectivity index (χ3n) is 11.9. The van der Waals surface area contributed by atoms with E-state index in [2.05, 4.69) is 48.5 Å². The normalized spacial score (nSPS) is 20.0. The number of benzene rings is 4. The standard InChI is InChI=1S/C50H54O11/c1-31(28-51)38-19-18-32-12-14-35(15-13-32)26-37(17-16-34-10-7-11-36(25-34)24-33-8-5-4-6-9-33)27-43(54)58-46-44-42(61-50(2,3)47(46)60-48(38)55)21-20-39-41(29-52)40(22-23-57-30-53)49(56)59-45(39)44/h4-15,20-21,25,37,46-47,51-53H,16-19,22-24,26-30H2,1-3H3. The van der Waals surface area contributed by atoms with Gasteiger partial charge in [-0.25, -0.2) is 9.59 Å². The highest BCUT2D eigenvalue weighted by molar-refractivity contribution is 5.90. The molecule has 1 aromatic heterocycles. The van der Waals surface area contributed by atoms with E-state index in [-0.39, 0.29) is 66.4 Å². The van der Waals surface area contributed by atoms with Gasteiger partial charge in [0, 0.05) is 29.4 Å². The van der Waals surface area contributed by atoms with E-state index in [1.165, 1.54) is 16.7 Å². The number of aliphatic hydroxyl groups excluding tert-OH is 3. The second-order valence-electron chi connectivity index (χ2n) is 16.6. The predicted octanol–water partition coefficient (Wildman–Crippen LogP) is 7.19. The van der Waals surface area contributed by atoms with Crippen molar-refractivity contribution in [3.8, 4) is 5.75 Å². The van der Waals surface area contributed by atoms with E-state index < -0.39 is 48.8 Å². The first kappa shape index (κ1) is 43.5. The lowest BCUT2D eigenvalue weighted by atomic mass is 9.86. The van der Waals surface area contributed by atoms with Crippen molar-refractivity contribution < 1.29 is 48.3 Å². The highest BCUT2D eigenvalue weighted by Gasteiger charge is 2.50. The van der Waals surface area contributed by atoms with Gasteiger partial charge in [0.25, 0.3) is 0 Å². The van der Waals surface area contributed by atoms with Crippen molar-refractivity contribution in [3.63, 3.8) is 0 Å². The number of aliphatic hydroxyl groups is 3. The number of aryl methyl sites for hydroxylation is 2. The van der Waals surface area contributed by atoms with Gasteiger partial charge in [0.1, 0.15) is 23.7 Å². The monoisotopic (exact) mass is 830 g/mol. The Kier molecular flexibility index (Phi) is 13.8. The van der Waals surface area contributed by atoms with Crippen LogP contribution < -0.4 is 10.4 Å². The summed E-state index contributed by atoms with van der Waals surface area (Å²) < 4.78 is 30.4. The Morgan fingerprint density at radius 3 is 2.26 bits per heavy atom. The van der Waals surface area contributed by atoms with Crippen LogP contribution in [0.4, 0.5) is 0 Å². The van der Waals surface area contributed by atoms with Gasteiger partial charge in [-0.05, 0) is 116 Å². The molecule has 320 valence electrons. The Morgan fingerprint density at radius 2 is 1.52 bits per heavy atom. The Morgan fingerprint density at radius 1 is 0.787 bits per heavy atom. The largest absolute Gasteiger partial charge is 0.483 e. The van der Waals surface area contributed by atoms with Crippen molar-refractivity contribution in [2.45, 2.75) is 96.6 Å². The number of hydrogen-bond donors (Lipinski definition) is 3. The average molecular weight is 831 g/mol. The Bertz CT molecular complexity index is 2430. The molecule has 0 aliphatic carbocycles. The minimum absolute atomic E-state index is 0.00759. The van der Waals surface area contributed by atoms with E-state index in [1.807, 2.05) is 30.3 Å². The van der Waals surface area contributed by atoms with Crippen LogP contribution in [0.5, 0.6) is 5.75 Å². The highest BCUT2D eigenvalue weighted by atomic mass is 16.6. The number of rotatable bonds is 11. The molecular formula is C50H54O11. The van der Waals surface area contributed by atoms with Crippen molar-refractivity contribution in [1.82, 2.24) is 0 Å². The molecule has 0 spiro atoms. The highest BCUT2D eigenvalue weighted by Crippen LogP contribution is 2.47. The van der Waals surface area contributed by atoms with Gasteiger partial charge >= 0.3 is 17.6 Å². The molecule has 11 nitrogen and oxygen atoms in total. The van der Waals surface area contributed by atoms with Gasteiger partial charge < -0.3 is 38.7 Å². The fourth-order valence-electron chi connectivity index (χ4n) is 8.60. The summed E-state index contributed by atoms with van der Waals surface area (Å²) in [6.07, 6.45) is 1.22. The first-order valence-corrected chi connectivity index (χ1v) is 21.0. The zero-order valence-electron chi connectivity index (χ0n) is 35.0. The van der Waals surface area contributed by atoms with Crippen molar-refractivity contribution in [2.75, 3.05) is 20.0 Å². The molecule has 3 aliphatic heterocycles. The molecule has 4 heterocycles. The number of hydrogen-bond acceptors (Lipinski definition) is 11. The molecule has 0 fully saturated rings. The molecule has 2 bridgehead atoms. The van der Waals surface area contributed by atoms with Gasteiger partial charge in [0.2, 0.25) is 0 Å². The van der Waals surface area contributed by atoms with E-state index >= 15 is 0 Å². The first-order valence-electron chi connectivity index (χ1n) is 21.0. The molecule has 61 heavy (non-hydrogen) atoms. The summed E-state index contributed by atoms with van der Waals surface area (Å²) in [5, 5.41) is 30.3. The lowest BCUT2D eigenvalue weighted by molar-refractivity contribution is -0.188. The molecule has 8 rings (SSSR count). The van der Waals surface area contributed by atoms with E-state index in [0.717, 1.165) is 24.0 Å². The van der Waals surface area contributed by atoms with Gasteiger partial charge in [-0.15, -0.1) is 0 Å². The summed E-state index contributed by atoms with van der Waals surface area (Å²) in [5.74, 6) is -1.11. The lowest BCUT2D eigenvalue weighted by Crippen LogP contribution is -2.52. The van der Waals surface area contributed by atoms with Crippen LogP contribution in [0.2, 0.25) is 0 Å². The second kappa shape index (κ2) is 19.4. The van der Waals surface area contributed by atoms with Crippen LogP contribution in [0.3, 0.4) is 0 Å². The maximum Gasteiger partial charge on any atom is 0.339 e. The van der Waals surface area contributed by atoms with Gasteiger partial charge in [0.15, 0.2) is 12.2 Å². The minimum Gasteiger partial charge on any atom is -0.483 e. The van der Waals surface area contributed by atoms with E-state index in [9.17, 15) is 24.6 Å². The maximum absolute atomic E-state index is 14.5. The van der Waals surface area contributed by atoms with E-state index in [4.69, 9.17) is 28.5 Å². The van der Waals surface area contributed by atoms with Crippen LogP contribution in [-0.2, 0) is 62.5 Å². The molecule has 3 unspecified atom stereocenters. The van der Waals surface area contributed by atoms with Crippen molar-refractivity contribution >= 4 is 22.9 Å². The number of ether oxygens (including phenoxy) is 4. The Hall–Kier alpha value is -5.59.